The quantitative estimate of drug-likeness (QED) is 0.368. The summed E-state index contributed by atoms with van der Waals surface area (Å²) >= 11 is 0. The van der Waals surface area contributed by atoms with Crippen LogP contribution in [0.5, 0.6) is 11.5 Å². The minimum absolute atomic E-state index is 0.179. The number of nitrogens with one attached hydrogen (secondary N) is 1. The van der Waals surface area contributed by atoms with Crippen LogP contribution in [0, 0.1) is 0 Å². The number of carbonyl (C=O) groups is 1. The number of aryl methyl sites for hydroxylation is 1. The number of hydrogen-bond acceptors (Lipinski definition) is 3. The predicted octanol–water partition coefficient (Wildman–Crippen LogP) is 5.52. The molecule has 0 fully saturated rings. The minimum Gasteiger partial charge on any atom is -0.494 e. The van der Waals surface area contributed by atoms with Gasteiger partial charge in [-0.1, -0.05) is 49.1 Å². The summed E-state index contributed by atoms with van der Waals surface area (Å²) in [5.74, 6) is 1.26. The summed E-state index contributed by atoms with van der Waals surface area (Å²) < 4.78 is 11.3. The molecule has 29 heavy (non-hydrogen) atoms. The third-order valence-electron chi connectivity index (χ3n) is 4.30. The molecule has 0 radical (unpaired) electrons. The van der Waals surface area contributed by atoms with Gasteiger partial charge in [0, 0.05) is 17.3 Å². The van der Waals surface area contributed by atoms with Crippen LogP contribution in [0.2, 0.25) is 0 Å². The Labute approximate surface area is 171 Å². The van der Waals surface area contributed by atoms with Crippen LogP contribution in [-0.4, -0.2) is 19.1 Å². The molecule has 0 aliphatic carbocycles. The zero-order chi connectivity index (χ0) is 20.3. The van der Waals surface area contributed by atoms with Gasteiger partial charge < -0.3 is 14.8 Å². The lowest BCUT2D eigenvalue weighted by atomic mass is 10.1. The van der Waals surface area contributed by atoms with Gasteiger partial charge in [0.25, 0.3) is 5.91 Å². The standard InChI is InChI=1S/C25H25NO3/c1-2-17-28-23-15-13-21(14-16-23)25(27)26-22-11-6-12-24(19-22)29-18-7-10-20-8-4-3-5-9-20/h2-6,8-9,11-16,19H,1,7,10,17-18H2,(H,26,27). The van der Waals surface area contributed by atoms with Crippen molar-refractivity contribution in [2.45, 2.75) is 12.8 Å². The highest BCUT2D eigenvalue weighted by Crippen LogP contribution is 2.19. The first-order valence-electron chi connectivity index (χ1n) is 9.66. The first-order valence-corrected chi connectivity index (χ1v) is 9.66. The number of rotatable bonds is 10. The van der Waals surface area contributed by atoms with Crippen LogP contribution >= 0.6 is 0 Å². The van der Waals surface area contributed by atoms with E-state index >= 15 is 0 Å². The second kappa shape index (κ2) is 10.7. The maximum Gasteiger partial charge on any atom is 0.255 e. The topological polar surface area (TPSA) is 47.6 Å². The van der Waals surface area contributed by atoms with Gasteiger partial charge in [0.05, 0.1) is 6.61 Å². The van der Waals surface area contributed by atoms with Crippen molar-refractivity contribution in [3.8, 4) is 11.5 Å². The highest BCUT2D eigenvalue weighted by Gasteiger charge is 2.07. The van der Waals surface area contributed by atoms with Gasteiger partial charge >= 0.3 is 0 Å². The third kappa shape index (κ3) is 6.54. The lowest BCUT2D eigenvalue weighted by molar-refractivity contribution is 0.102. The number of hydrogen-bond donors (Lipinski definition) is 1. The van der Waals surface area contributed by atoms with Crippen LogP contribution in [0.25, 0.3) is 0 Å². The molecule has 3 rings (SSSR count). The van der Waals surface area contributed by atoms with Crippen molar-refractivity contribution in [3.63, 3.8) is 0 Å². The fourth-order valence-corrected chi connectivity index (χ4v) is 2.84. The molecule has 4 heteroatoms. The summed E-state index contributed by atoms with van der Waals surface area (Å²) in [6, 6.07) is 24.8. The monoisotopic (exact) mass is 387 g/mol. The van der Waals surface area contributed by atoms with Gasteiger partial charge in [-0.3, -0.25) is 4.79 Å². The normalized spacial score (nSPS) is 10.2. The van der Waals surface area contributed by atoms with E-state index in [9.17, 15) is 4.79 Å². The molecule has 4 nitrogen and oxygen atoms in total. The van der Waals surface area contributed by atoms with Gasteiger partial charge in [-0.25, -0.2) is 0 Å². The highest BCUT2D eigenvalue weighted by atomic mass is 16.5. The van der Waals surface area contributed by atoms with Crippen molar-refractivity contribution in [2.75, 3.05) is 18.5 Å². The summed E-state index contributed by atoms with van der Waals surface area (Å²) in [6.45, 7) is 4.67. The first kappa shape index (κ1) is 20.2. The maximum absolute atomic E-state index is 12.5. The smallest absolute Gasteiger partial charge is 0.255 e. The van der Waals surface area contributed by atoms with Crippen LogP contribution < -0.4 is 14.8 Å². The van der Waals surface area contributed by atoms with Crippen molar-refractivity contribution in [1.29, 1.82) is 0 Å². The Bertz CT molecular complexity index is 920. The second-order valence-corrected chi connectivity index (χ2v) is 6.54. The molecule has 0 aliphatic heterocycles. The largest absolute Gasteiger partial charge is 0.494 e. The molecule has 0 aliphatic rings. The van der Waals surface area contributed by atoms with Gasteiger partial charge in [-0.15, -0.1) is 0 Å². The molecule has 0 spiro atoms. The van der Waals surface area contributed by atoms with Crippen LogP contribution in [0.1, 0.15) is 22.3 Å². The molecule has 0 heterocycles. The molecule has 0 bridgehead atoms. The number of anilines is 1. The summed E-state index contributed by atoms with van der Waals surface area (Å²) in [4.78, 5) is 12.5. The lowest BCUT2D eigenvalue weighted by Gasteiger charge is -2.10. The molecule has 0 atom stereocenters. The fraction of sp³-hybridized carbons (Fsp3) is 0.160. The van der Waals surface area contributed by atoms with E-state index < -0.39 is 0 Å². The molecule has 3 aromatic carbocycles. The molecular weight excluding hydrogens is 362 g/mol. The molecule has 0 aromatic heterocycles. The molecule has 0 saturated carbocycles. The van der Waals surface area contributed by atoms with Crippen LogP contribution in [0.15, 0.2) is 91.5 Å². The maximum atomic E-state index is 12.5. The van der Waals surface area contributed by atoms with Gasteiger partial charge in [-0.05, 0) is 54.8 Å². The number of ether oxygens (including phenoxy) is 2. The van der Waals surface area contributed by atoms with Gasteiger partial charge in [0.1, 0.15) is 18.1 Å². The Morgan fingerprint density at radius 1 is 0.897 bits per heavy atom. The van der Waals surface area contributed by atoms with Crippen LogP contribution in [0.3, 0.4) is 0 Å². The Balaban J connectivity index is 1.49. The van der Waals surface area contributed by atoms with Crippen molar-refractivity contribution in [2.24, 2.45) is 0 Å². The first-order chi connectivity index (χ1) is 14.2. The minimum atomic E-state index is -0.179. The molecule has 1 amide bonds. The summed E-state index contributed by atoms with van der Waals surface area (Å²) in [5, 5.41) is 2.90. The predicted molar refractivity (Wildman–Crippen MR) is 117 cm³/mol. The number of amides is 1. The summed E-state index contributed by atoms with van der Waals surface area (Å²) in [7, 11) is 0. The zero-order valence-electron chi connectivity index (χ0n) is 16.3. The molecule has 3 aromatic rings. The Hall–Kier alpha value is -3.53. The Morgan fingerprint density at radius 3 is 2.45 bits per heavy atom. The molecular formula is C25H25NO3. The van der Waals surface area contributed by atoms with E-state index in [4.69, 9.17) is 9.47 Å². The fourth-order valence-electron chi connectivity index (χ4n) is 2.84. The van der Waals surface area contributed by atoms with Crippen molar-refractivity contribution in [1.82, 2.24) is 0 Å². The van der Waals surface area contributed by atoms with Crippen molar-refractivity contribution in [3.05, 3.63) is 103 Å². The van der Waals surface area contributed by atoms with Gasteiger partial charge in [-0.2, -0.15) is 0 Å². The van der Waals surface area contributed by atoms with Gasteiger partial charge in [0.2, 0.25) is 0 Å². The second-order valence-electron chi connectivity index (χ2n) is 6.54. The van der Waals surface area contributed by atoms with E-state index in [-0.39, 0.29) is 5.91 Å². The summed E-state index contributed by atoms with van der Waals surface area (Å²) in [6.07, 6.45) is 3.59. The zero-order valence-corrected chi connectivity index (χ0v) is 16.3. The number of benzene rings is 3. The highest BCUT2D eigenvalue weighted by molar-refractivity contribution is 6.04. The molecule has 1 N–H and O–H groups in total. The average molecular weight is 387 g/mol. The van der Waals surface area contributed by atoms with E-state index in [1.54, 1.807) is 30.3 Å². The van der Waals surface area contributed by atoms with E-state index in [2.05, 4.69) is 24.0 Å². The number of carbonyl (C=O) groups excluding carboxylic acids is 1. The summed E-state index contributed by atoms with van der Waals surface area (Å²) in [5.41, 5.74) is 2.56. The van der Waals surface area contributed by atoms with E-state index in [1.807, 2.05) is 42.5 Å². The third-order valence-corrected chi connectivity index (χ3v) is 4.30. The van der Waals surface area contributed by atoms with Gasteiger partial charge in [0.15, 0.2) is 0 Å². The Kier molecular flexibility index (Phi) is 7.47. The van der Waals surface area contributed by atoms with Crippen molar-refractivity contribution >= 4 is 11.6 Å². The van der Waals surface area contributed by atoms with Crippen LogP contribution in [-0.2, 0) is 6.42 Å². The van der Waals surface area contributed by atoms with E-state index in [0.29, 0.717) is 30.2 Å². The lowest BCUT2D eigenvalue weighted by Crippen LogP contribution is -2.12. The van der Waals surface area contributed by atoms with Crippen molar-refractivity contribution < 1.29 is 14.3 Å². The molecule has 0 unspecified atom stereocenters. The van der Waals surface area contributed by atoms with Crippen LogP contribution in [0.4, 0.5) is 5.69 Å². The van der Waals surface area contributed by atoms with E-state index in [0.717, 1.165) is 18.6 Å². The molecule has 0 saturated heterocycles. The van der Waals surface area contributed by atoms with E-state index in [1.165, 1.54) is 5.56 Å². The SMILES string of the molecule is C=CCOc1ccc(C(=O)Nc2cccc(OCCCc3ccccc3)c2)cc1. The average Bonchev–Trinajstić information content (AvgIpc) is 2.76. The molecule has 148 valence electrons. The Morgan fingerprint density at radius 2 is 1.69 bits per heavy atom.